The molecule has 3 aromatic heterocycles. The number of thiophene rings is 1. The molecule has 0 amide bonds. The number of rotatable bonds is 7. The molecule has 0 aliphatic rings. The van der Waals surface area contributed by atoms with Crippen molar-refractivity contribution in [3.8, 4) is 15.7 Å². The van der Waals surface area contributed by atoms with Crippen LogP contribution in [0.1, 0.15) is 18.3 Å². The van der Waals surface area contributed by atoms with Gasteiger partial charge in [0.25, 0.3) is 0 Å². The molecule has 0 aliphatic heterocycles. The first-order chi connectivity index (χ1) is 15.7. The third-order valence-electron chi connectivity index (χ3n) is 4.41. The Bertz CT molecular complexity index is 1350. The Morgan fingerprint density at radius 1 is 1.24 bits per heavy atom. The molecule has 0 aromatic carbocycles. The van der Waals surface area contributed by atoms with Gasteiger partial charge in [0.1, 0.15) is 10.7 Å². The molecule has 34 heavy (non-hydrogen) atoms. The molecule has 0 aliphatic carbocycles. The predicted molar refractivity (Wildman–Crippen MR) is 112 cm³/mol. The van der Waals surface area contributed by atoms with Crippen molar-refractivity contribution in [2.45, 2.75) is 24.2 Å². The van der Waals surface area contributed by atoms with Gasteiger partial charge in [-0.05, 0) is 18.2 Å². The summed E-state index contributed by atoms with van der Waals surface area (Å²) in [6.07, 6.45) is -7.04. The Balaban J connectivity index is 2.17. The van der Waals surface area contributed by atoms with Gasteiger partial charge in [0.15, 0.2) is 33.7 Å². The van der Waals surface area contributed by atoms with Crippen LogP contribution in [0.15, 0.2) is 40.0 Å². The van der Waals surface area contributed by atoms with Crippen LogP contribution in [0.2, 0.25) is 0 Å². The minimum absolute atomic E-state index is 0.00216. The molecule has 0 bridgehead atoms. The molecule has 0 saturated carbocycles. The van der Waals surface area contributed by atoms with Crippen LogP contribution < -0.4 is 0 Å². The fourth-order valence-corrected chi connectivity index (χ4v) is 5.34. The van der Waals surface area contributed by atoms with E-state index in [2.05, 4.69) is 26.9 Å². The smallest absolute Gasteiger partial charge is 0.310 e. The Labute approximate surface area is 193 Å². The maximum Gasteiger partial charge on any atom is 0.435 e. The highest BCUT2D eigenvalue weighted by Crippen LogP contribution is 2.40. The average Bonchev–Trinajstić information content (AvgIpc) is 3.44. The zero-order valence-corrected chi connectivity index (χ0v) is 19.1. The van der Waals surface area contributed by atoms with Gasteiger partial charge in [-0.2, -0.15) is 36.6 Å². The summed E-state index contributed by atoms with van der Waals surface area (Å²) >= 11 is 0.791. The molecule has 3 rings (SSSR count). The first kappa shape index (κ1) is 25.6. The second kappa shape index (κ2) is 8.98. The van der Waals surface area contributed by atoms with Gasteiger partial charge in [0.2, 0.25) is 0 Å². The molecule has 16 heteroatoms. The van der Waals surface area contributed by atoms with Crippen molar-refractivity contribution in [3.05, 3.63) is 36.3 Å². The van der Waals surface area contributed by atoms with Crippen LogP contribution in [0.25, 0.3) is 21.8 Å². The summed E-state index contributed by atoms with van der Waals surface area (Å²) in [7, 11) is -2.50. The van der Waals surface area contributed by atoms with Crippen LogP contribution in [0, 0.1) is 0 Å². The van der Waals surface area contributed by atoms with Gasteiger partial charge in [-0.3, -0.25) is 0 Å². The standard InChI is InChI=1S/C18H16F6N6O2S2/c1-4-10-15(27-25-9-17(19,20)21)29(3)16(26-10)14-11(34(31,32)5-2)8-13(33-14)30-7-6-12(28-30)18(22,23)24/h4,6-8H,1,5,9H2,2-3H3/b27-25-. The molecule has 0 N–H and O–H groups in total. The summed E-state index contributed by atoms with van der Waals surface area (Å²) < 4.78 is 104. The van der Waals surface area contributed by atoms with E-state index in [1.165, 1.54) is 30.7 Å². The molecule has 0 spiro atoms. The molecule has 184 valence electrons. The van der Waals surface area contributed by atoms with Crippen LogP contribution in [-0.4, -0.2) is 46.2 Å². The molecule has 0 fully saturated rings. The number of alkyl halides is 6. The lowest BCUT2D eigenvalue weighted by atomic mass is 10.4. The van der Waals surface area contributed by atoms with Crippen molar-refractivity contribution in [2.75, 3.05) is 12.3 Å². The summed E-state index contributed by atoms with van der Waals surface area (Å²) in [5, 5.41) is 10.2. The molecular weight excluding hydrogens is 510 g/mol. The Morgan fingerprint density at radius 2 is 1.91 bits per heavy atom. The highest BCUT2D eigenvalue weighted by atomic mass is 32.2. The molecule has 0 radical (unpaired) electrons. The van der Waals surface area contributed by atoms with Gasteiger partial charge >= 0.3 is 12.4 Å². The summed E-state index contributed by atoms with van der Waals surface area (Å²) in [4.78, 5) is 4.04. The topological polar surface area (TPSA) is 94.5 Å². The number of nitrogens with zero attached hydrogens (tertiary/aromatic N) is 6. The summed E-state index contributed by atoms with van der Waals surface area (Å²) in [6.45, 7) is 3.37. The minimum atomic E-state index is -4.70. The highest BCUT2D eigenvalue weighted by molar-refractivity contribution is 7.91. The normalized spacial score (nSPS) is 13.2. The van der Waals surface area contributed by atoms with E-state index >= 15 is 0 Å². The Morgan fingerprint density at radius 3 is 2.44 bits per heavy atom. The molecule has 0 unspecified atom stereocenters. The number of aromatic nitrogens is 4. The Kier molecular flexibility index (Phi) is 6.76. The second-order valence-corrected chi connectivity index (χ2v) is 10.0. The molecule has 0 saturated heterocycles. The van der Waals surface area contributed by atoms with Crippen LogP contribution in [0.5, 0.6) is 0 Å². The first-order valence-electron chi connectivity index (χ1n) is 9.31. The Hall–Kier alpha value is -3.01. The zero-order chi connectivity index (χ0) is 25.5. The number of azo groups is 1. The summed E-state index contributed by atoms with van der Waals surface area (Å²) in [6, 6.07) is 1.90. The molecule has 0 atom stereocenters. The van der Waals surface area contributed by atoms with Gasteiger partial charge in [0.05, 0.1) is 15.5 Å². The molecular formula is C18H16F6N6O2S2. The van der Waals surface area contributed by atoms with E-state index in [1.807, 2.05) is 0 Å². The van der Waals surface area contributed by atoms with E-state index in [-0.39, 0.29) is 37.9 Å². The van der Waals surface area contributed by atoms with Crippen molar-refractivity contribution < 1.29 is 34.8 Å². The van der Waals surface area contributed by atoms with Crippen molar-refractivity contribution in [1.29, 1.82) is 0 Å². The van der Waals surface area contributed by atoms with Crippen molar-refractivity contribution in [1.82, 2.24) is 19.3 Å². The minimum Gasteiger partial charge on any atom is -0.310 e. The monoisotopic (exact) mass is 526 g/mol. The van der Waals surface area contributed by atoms with E-state index < -0.39 is 34.4 Å². The number of hydrogen-bond acceptors (Lipinski definition) is 7. The predicted octanol–water partition coefficient (Wildman–Crippen LogP) is 5.44. The fraction of sp³-hybridized carbons (Fsp3) is 0.333. The largest absolute Gasteiger partial charge is 0.435 e. The summed E-state index contributed by atoms with van der Waals surface area (Å²) in [5.74, 6) is -0.426. The lowest BCUT2D eigenvalue weighted by Gasteiger charge is -2.04. The molecule has 8 nitrogen and oxygen atoms in total. The van der Waals surface area contributed by atoms with Crippen LogP contribution in [-0.2, 0) is 23.1 Å². The van der Waals surface area contributed by atoms with E-state index in [0.717, 1.165) is 28.3 Å². The van der Waals surface area contributed by atoms with E-state index in [1.54, 1.807) is 0 Å². The van der Waals surface area contributed by atoms with Gasteiger partial charge in [-0.25, -0.2) is 18.1 Å². The van der Waals surface area contributed by atoms with Gasteiger partial charge in [-0.15, -0.1) is 16.5 Å². The van der Waals surface area contributed by atoms with Crippen LogP contribution >= 0.6 is 11.3 Å². The van der Waals surface area contributed by atoms with Crippen molar-refractivity contribution >= 4 is 33.1 Å². The van der Waals surface area contributed by atoms with Gasteiger partial charge in [0, 0.05) is 13.2 Å². The van der Waals surface area contributed by atoms with E-state index in [0.29, 0.717) is 0 Å². The number of halogens is 6. The molecule has 3 aromatic rings. The second-order valence-electron chi connectivity index (χ2n) is 6.75. The van der Waals surface area contributed by atoms with Crippen LogP contribution in [0.4, 0.5) is 32.2 Å². The third-order valence-corrected chi connectivity index (χ3v) is 7.41. The zero-order valence-electron chi connectivity index (χ0n) is 17.5. The fourth-order valence-electron chi connectivity index (χ4n) is 2.77. The van der Waals surface area contributed by atoms with Crippen LogP contribution in [0.3, 0.4) is 0 Å². The lowest BCUT2D eigenvalue weighted by Crippen LogP contribution is -2.11. The first-order valence-corrected chi connectivity index (χ1v) is 11.8. The highest BCUT2D eigenvalue weighted by Gasteiger charge is 2.34. The number of imidazole rings is 1. The van der Waals surface area contributed by atoms with Gasteiger partial charge in [-0.1, -0.05) is 13.5 Å². The van der Waals surface area contributed by atoms with Gasteiger partial charge < -0.3 is 4.57 Å². The third kappa shape index (κ3) is 5.22. The van der Waals surface area contributed by atoms with Crippen molar-refractivity contribution in [2.24, 2.45) is 17.3 Å². The quantitative estimate of drug-likeness (QED) is 0.303. The van der Waals surface area contributed by atoms with Crippen molar-refractivity contribution in [3.63, 3.8) is 0 Å². The number of hydrogen-bond donors (Lipinski definition) is 0. The maximum atomic E-state index is 12.9. The number of sulfone groups is 1. The maximum absolute atomic E-state index is 12.9. The van der Waals surface area contributed by atoms with E-state index in [4.69, 9.17) is 0 Å². The summed E-state index contributed by atoms with van der Waals surface area (Å²) in [5.41, 5.74) is -1.13. The SMILES string of the molecule is C=Cc1nc(-c2sc(-n3ccc(C(F)(F)F)n3)cc2S(=O)(=O)CC)n(C)c1/N=N\CC(F)(F)F. The average molecular weight is 526 g/mol. The van der Waals surface area contributed by atoms with E-state index in [9.17, 15) is 34.8 Å². The lowest BCUT2D eigenvalue weighted by molar-refractivity contribution is -0.141. The molecule has 3 heterocycles.